The standard InChI is InChI=1S/C21H23N3O6/c25-20(23-13-17-7-4-10-29-17)14-30-21(26)18-11-16(24(27)28)8-9-19(18)22-12-15-5-2-1-3-6-15/h1-3,5-6,8-9,11,17,22H,4,7,10,12-14H2,(H,23,25)/t17-/m1/s1. The van der Waals surface area contributed by atoms with Crippen molar-refractivity contribution in [3.05, 3.63) is 69.8 Å². The van der Waals surface area contributed by atoms with E-state index in [0.29, 0.717) is 25.4 Å². The minimum atomic E-state index is -0.818. The van der Waals surface area contributed by atoms with Gasteiger partial charge in [-0.25, -0.2) is 4.79 Å². The average molecular weight is 413 g/mol. The van der Waals surface area contributed by atoms with Crippen LogP contribution in [-0.2, 0) is 20.8 Å². The molecule has 2 aromatic rings. The average Bonchev–Trinajstić information content (AvgIpc) is 3.29. The minimum Gasteiger partial charge on any atom is -0.452 e. The molecule has 158 valence electrons. The number of nitro benzene ring substituents is 1. The van der Waals surface area contributed by atoms with E-state index in [0.717, 1.165) is 24.5 Å². The maximum Gasteiger partial charge on any atom is 0.341 e. The fourth-order valence-corrected chi connectivity index (χ4v) is 3.05. The number of carbonyl (C=O) groups excluding carboxylic acids is 2. The number of nitrogens with one attached hydrogen (secondary N) is 2. The van der Waals surface area contributed by atoms with Crippen molar-refractivity contribution in [1.82, 2.24) is 5.32 Å². The summed E-state index contributed by atoms with van der Waals surface area (Å²) in [7, 11) is 0. The highest BCUT2D eigenvalue weighted by atomic mass is 16.6. The fraction of sp³-hybridized carbons (Fsp3) is 0.333. The summed E-state index contributed by atoms with van der Waals surface area (Å²) >= 11 is 0. The Hall–Kier alpha value is -3.46. The third kappa shape index (κ3) is 6.02. The third-order valence-electron chi connectivity index (χ3n) is 4.64. The number of anilines is 1. The monoisotopic (exact) mass is 413 g/mol. The maximum absolute atomic E-state index is 12.5. The number of nitrogens with zero attached hydrogens (tertiary/aromatic N) is 1. The molecule has 1 aliphatic rings. The number of hydrogen-bond acceptors (Lipinski definition) is 7. The lowest BCUT2D eigenvalue weighted by molar-refractivity contribution is -0.384. The first-order valence-electron chi connectivity index (χ1n) is 9.64. The van der Waals surface area contributed by atoms with Crippen molar-refractivity contribution < 1.29 is 24.0 Å². The Morgan fingerprint density at radius 1 is 1.20 bits per heavy atom. The quantitative estimate of drug-likeness (QED) is 0.368. The van der Waals surface area contributed by atoms with Crippen LogP contribution in [0.1, 0.15) is 28.8 Å². The first kappa shape index (κ1) is 21.3. The van der Waals surface area contributed by atoms with Crippen LogP contribution in [0.3, 0.4) is 0 Å². The topological polar surface area (TPSA) is 120 Å². The second-order valence-electron chi connectivity index (χ2n) is 6.84. The van der Waals surface area contributed by atoms with Crippen LogP contribution < -0.4 is 10.6 Å². The maximum atomic E-state index is 12.5. The predicted octanol–water partition coefficient (Wildman–Crippen LogP) is 2.66. The zero-order chi connectivity index (χ0) is 21.3. The molecule has 9 heteroatoms. The number of nitro groups is 1. The van der Waals surface area contributed by atoms with E-state index in [-0.39, 0.29) is 17.4 Å². The van der Waals surface area contributed by atoms with Gasteiger partial charge in [-0.1, -0.05) is 30.3 Å². The zero-order valence-corrected chi connectivity index (χ0v) is 16.3. The first-order chi connectivity index (χ1) is 14.5. The molecular formula is C21H23N3O6. The van der Waals surface area contributed by atoms with Crippen LogP contribution in [0.25, 0.3) is 0 Å². The van der Waals surface area contributed by atoms with Crippen molar-refractivity contribution in [2.45, 2.75) is 25.5 Å². The molecule has 1 heterocycles. The Morgan fingerprint density at radius 2 is 2.00 bits per heavy atom. The van der Waals surface area contributed by atoms with Crippen LogP contribution in [-0.4, -0.2) is 42.7 Å². The molecule has 0 bridgehead atoms. The lowest BCUT2D eigenvalue weighted by Gasteiger charge is -2.13. The van der Waals surface area contributed by atoms with E-state index < -0.39 is 23.4 Å². The molecule has 0 radical (unpaired) electrons. The summed E-state index contributed by atoms with van der Waals surface area (Å²) in [5.74, 6) is -1.27. The summed E-state index contributed by atoms with van der Waals surface area (Å²) in [5.41, 5.74) is 1.11. The molecule has 0 aliphatic carbocycles. The van der Waals surface area contributed by atoms with Gasteiger partial charge in [0, 0.05) is 37.5 Å². The number of benzene rings is 2. The van der Waals surface area contributed by atoms with Crippen molar-refractivity contribution in [3.63, 3.8) is 0 Å². The Bertz CT molecular complexity index is 897. The lowest BCUT2D eigenvalue weighted by atomic mass is 10.1. The summed E-state index contributed by atoms with van der Waals surface area (Å²) < 4.78 is 10.5. The van der Waals surface area contributed by atoms with E-state index in [1.807, 2.05) is 30.3 Å². The van der Waals surface area contributed by atoms with E-state index in [9.17, 15) is 19.7 Å². The summed E-state index contributed by atoms with van der Waals surface area (Å²) in [4.78, 5) is 35.0. The molecule has 0 aromatic heterocycles. The SMILES string of the molecule is O=C(COC(=O)c1cc([N+](=O)[O-])ccc1NCc1ccccc1)NC[C@H]1CCCO1. The Balaban J connectivity index is 1.62. The van der Waals surface area contributed by atoms with Crippen molar-refractivity contribution in [2.75, 3.05) is 25.1 Å². The zero-order valence-electron chi connectivity index (χ0n) is 16.3. The molecular weight excluding hydrogens is 390 g/mol. The van der Waals surface area contributed by atoms with Gasteiger partial charge in [-0.3, -0.25) is 14.9 Å². The van der Waals surface area contributed by atoms with E-state index in [2.05, 4.69) is 10.6 Å². The normalized spacial score (nSPS) is 15.4. The van der Waals surface area contributed by atoms with Crippen LogP contribution in [0, 0.1) is 10.1 Å². The van der Waals surface area contributed by atoms with E-state index >= 15 is 0 Å². The largest absolute Gasteiger partial charge is 0.452 e. The smallest absolute Gasteiger partial charge is 0.341 e. The number of rotatable bonds is 9. The number of carbonyl (C=O) groups is 2. The van der Waals surface area contributed by atoms with Crippen LogP contribution in [0.2, 0.25) is 0 Å². The molecule has 1 aliphatic heterocycles. The molecule has 1 fully saturated rings. The van der Waals surface area contributed by atoms with Crippen molar-refractivity contribution in [3.8, 4) is 0 Å². The second kappa shape index (κ2) is 10.4. The molecule has 2 N–H and O–H groups in total. The lowest BCUT2D eigenvalue weighted by Crippen LogP contribution is -2.34. The van der Waals surface area contributed by atoms with Crippen LogP contribution in [0.15, 0.2) is 48.5 Å². The van der Waals surface area contributed by atoms with Crippen molar-refractivity contribution in [2.24, 2.45) is 0 Å². The molecule has 0 unspecified atom stereocenters. The highest BCUT2D eigenvalue weighted by Gasteiger charge is 2.20. The molecule has 30 heavy (non-hydrogen) atoms. The van der Waals surface area contributed by atoms with Gasteiger partial charge in [0.1, 0.15) is 0 Å². The van der Waals surface area contributed by atoms with E-state index in [1.54, 1.807) is 0 Å². The summed E-state index contributed by atoms with van der Waals surface area (Å²) in [6.45, 7) is 0.977. The number of amides is 1. The van der Waals surface area contributed by atoms with Gasteiger partial charge in [-0.05, 0) is 24.5 Å². The molecule has 9 nitrogen and oxygen atoms in total. The number of esters is 1. The molecule has 1 saturated heterocycles. The van der Waals surface area contributed by atoms with E-state index in [1.165, 1.54) is 12.1 Å². The summed E-state index contributed by atoms with van der Waals surface area (Å²) in [6.07, 6.45) is 1.82. The third-order valence-corrected chi connectivity index (χ3v) is 4.64. The van der Waals surface area contributed by atoms with Gasteiger partial charge < -0.3 is 20.1 Å². The summed E-state index contributed by atoms with van der Waals surface area (Å²) in [6, 6.07) is 13.4. The summed E-state index contributed by atoms with van der Waals surface area (Å²) in [5, 5.41) is 16.8. The number of ether oxygens (including phenoxy) is 2. The van der Waals surface area contributed by atoms with Crippen molar-refractivity contribution in [1.29, 1.82) is 0 Å². The van der Waals surface area contributed by atoms with Gasteiger partial charge in [-0.2, -0.15) is 0 Å². The number of hydrogen-bond donors (Lipinski definition) is 2. The van der Waals surface area contributed by atoms with E-state index in [4.69, 9.17) is 9.47 Å². The fourth-order valence-electron chi connectivity index (χ4n) is 3.05. The molecule has 0 saturated carbocycles. The van der Waals surface area contributed by atoms with Crippen molar-refractivity contribution >= 4 is 23.3 Å². The second-order valence-corrected chi connectivity index (χ2v) is 6.84. The highest BCUT2D eigenvalue weighted by Crippen LogP contribution is 2.23. The predicted molar refractivity (Wildman–Crippen MR) is 109 cm³/mol. The van der Waals surface area contributed by atoms with Gasteiger partial charge in [-0.15, -0.1) is 0 Å². The molecule has 3 rings (SSSR count). The Morgan fingerprint density at radius 3 is 2.70 bits per heavy atom. The Kier molecular flexibility index (Phi) is 7.34. The van der Waals surface area contributed by atoms with Gasteiger partial charge in [0.05, 0.1) is 16.6 Å². The highest BCUT2D eigenvalue weighted by molar-refractivity contribution is 5.97. The van der Waals surface area contributed by atoms with Gasteiger partial charge in [0.25, 0.3) is 11.6 Å². The molecule has 0 spiro atoms. The Labute approximate surface area is 173 Å². The molecule has 1 amide bonds. The van der Waals surface area contributed by atoms with Crippen LogP contribution >= 0.6 is 0 Å². The number of non-ortho nitro benzene ring substituents is 1. The van der Waals surface area contributed by atoms with Crippen LogP contribution in [0.5, 0.6) is 0 Å². The van der Waals surface area contributed by atoms with Gasteiger partial charge in [0.2, 0.25) is 0 Å². The van der Waals surface area contributed by atoms with Crippen LogP contribution in [0.4, 0.5) is 11.4 Å². The first-order valence-corrected chi connectivity index (χ1v) is 9.64. The molecule has 2 aromatic carbocycles. The minimum absolute atomic E-state index is 0.00735. The molecule has 1 atom stereocenters. The van der Waals surface area contributed by atoms with Gasteiger partial charge in [0.15, 0.2) is 6.61 Å². The van der Waals surface area contributed by atoms with Gasteiger partial charge >= 0.3 is 5.97 Å².